The molecule has 0 aliphatic heterocycles. The molecule has 0 spiro atoms. The van der Waals surface area contributed by atoms with Crippen LogP contribution in [0.15, 0.2) is 74.5 Å². The minimum atomic E-state index is -0.369. The maximum absolute atomic E-state index is 13.2. The van der Waals surface area contributed by atoms with Crippen molar-refractivity contribution < 1.29 is 18.7 Å². The predicted octanol–water partition coefficient (Wildman–Crippen LogP) is 9.46. The molecule has 2 fully saturated rings. The van der Waals surface area contributed by atoms with Crippen LogP contribution in [0.3, 0.4) is 0 Å². The highest BCUT2D eigenvalue weighted by Crippen LogP contribution is 2.51. The zero-order valence-corrected chi connectivity index (χ0v) is 27.7. The van der Waals surface area contributed by atoms with Gasteiger partial charge in [-0.1, -0.05) is 55.7 Å². The highest BCUT2D eigenvalue weighted by atomic mass is 16.5. The highest BCUT2D eigenvalue weighted by molar-refractivity contribution is 5.77. The van der Waals surface area contributed by atoms with E-state index >= 15 is 0 Å². The van der Waals surface area contributed by atoms with Gasteiger partial charge in [0.15, 0.2) is 0 Å². The van der Waals surface area contributed by atoms with Gasteiger partial charge in [-0.25, -0.2) is 4.79 Å². The maximum Gasteiger partial charge on any atom is 0.336 e. The summed E-state index contributed by atoms with van der Waals surface area (Å²) in [7, 11) is 0. The second-order valence-corrected chi connectivity index (χ2v) is 14.6. The van der Waals surface area contributed by atoms with Gasteiger partial charge < -0.3 is 13.9 Å². The number of carbonyl (C=O) groups excluding carboxylic acids is 1. The van der Waals surface area contributed by atoms with Crippen molar-refractivity contribution in [2.24, 2.45) is 40.9 Å². The van der Waals surface area contributed by atoms with Gasteiger partial charge >= 0.3 is 11.6 Å². The van der Waals surface area contributed by atoms with Crippen LogP contribution in [-0.2, 0) is 9.53 Å². The minimum Gasteiger partial charge on any atom is -0.493 e. The molecule has 2 saturated carbocycles. The summed E-state index contributed by atoms with van der Waals surface area (Å²) in [5.41, 5.74) is 5.71. The Balaban J connectivity index is 1.23. The molecule has 0 bridgehead atoms. The molecule has 1 aromatic heterocycles. The van der Waals surface area contributed by atoms with Gasteiger partial charge in [-0.2, -0.15) is 0 Å². The first-order valence-corrected chi connectivity index (χ1v) is 16.8. The first-order valence-electron chi connectivity index (χ1n) is 16.8. The van der Waals surface area contributed by atoms with Crippen molar-refractivity contribution in [1.29, 1.82) is 0 Å². The van der Waals surface area contributed by atoms with Crippen molar-refractivity contribution >= 4 is 16.9 Å². The van der Waals surface area contributed by atoms with E-state index in [2.05, 4.69) is 54.2 Å². The van der Waals surface area contributed by atoms with Crippen LogP contribution in [0.2, 0.25) is 0 Å². The lowest BCUT2D eigenvalue weighted by atomic mass is 9.58. The van der Waals surface area contributed by atoms with Crippen LogP contribution >= 0.6 is 0 Å². The first-order chi connectivity index (χ1) is 21.0. The van der Waals surface area contributed by atoms with E-state index in [1.165, 1.54) is 29.2 Å². The Labute approximate surface area is 263 Å². The van der Waals surface area contributed by atoms with Gasteiger partial charge in [-0.3, -0.25) is 4.79 Å². The van der Waals surface area contributed by atoms with Crippen molar-refractivity contribution in [2.75, 3.05) is 13.2 Å². The maximum atomic E-state index is 13.2. The molecule has 0 radical (unpaired) electrons. The molecule has 5 rings (SSSR count). The van der Waals surface area contributed by atoms with Gasteiger partial charge in [0.1, 0.15) is 11.3 Å². The van der Waals surface area contributed by atoms with Crippen LogP contribution in [-0.4, -0.2) is 19.2 Å². The Morgan fingerprint density at radius 1 is 1.16 bits per heavy atom. The summed E-state index contributed by atoms with van der Waals surface area (Å²) < 4.78 is 17.8. The third-order valence-electron chi connectivity index (χ3n) is 11.5. The normalized spacial score (nSPS) is 29.5. The van der Waals surface area contributed by atoms with Gasteiger partial charge in [-0.05, 0) is 119 Å². The summed E-state index contributed by atoms with van der Waals surface area (Å²) >= 11 is 0. The average Bonchev–Trinajstić information content (AvgIpc) is 2.99. The fraction of sp³-hybridized carbons (Fsp3) is 0.590. The molecule has 0 N–H and O–H groups in total. The Kier molecular flexibility index (Phi) is 9.92. The molecule has 1 heterocycles. The molecule has 5 heteroatoms. The molecule has 1 aromatic carbocycles. The summed E-state index contributed by atoms with van der Waals surface area (Å²) in [5.74, 6) is 3.38. The number of ether oxygens (including phenoxy) is 2. The molecule has 5 nitrogen and oxygen atoms in total. The number of esters is 1. The summed E-state index contributed by atoms with van der Waals surface area (Å²) in [5, 5.41) is 0.866. The van der Waals surface area contributed by atoms with Gasteiger partial charge in [0, 0.05) is 29.4 Å². The number of hydrogen-bond donors (Lipinski definition) is 0. The third-order valence-corrected chi connectivity index (χ3v) is 11.5. The molecular weight excluding hydrogens is 548 g/mol. The predicted molar refractivity (Wildman–Crippen MR) is 178 cm³/mol. The van der Waals surface area contributed by atoms with Gasteiger partial charge in [0.05, 0.1) is 13.2 Å². The Bertz CT molecular complexity index is 1490. The fourth-order valence-corrected chi connectivity index (χ4v) is 8.48. The van der Waals surface area contributed by atoms with Gasteiger partial charge in [0.25, 0.3) is 0 Å². The molecule has 0 amide bonds. The molecule has 7 atom stereocenters. The molecule has 2 aromatic rings. The van der Waals surface area contributed by atoms with Crippen LogP contribution in [0.5, 0.6) is 5.75 Å². The van der Waals surface area contributed by atoms with E-state index in [1.807, 2.05) is 12.1 Å². The lowest BCUT2D eigenvalue weighted by Crippen LogP contribution is -2.44. The second-order valence-electron chi connectivity index (χ2n) is 14.6. The lowest BCUT2D eigenvalue weighted by Gasteiger charge is -2.48. The SMILES string of the molecule is C=C1CCC2C(C)=CCC(C(C)COC(=O)CCC3C(=C(C)C)CCC(C)C3(C)COc3ccc4ccc(=O)oc4c3)C2C1. The van der Waals surface area contributed by atoms with Crippen molar-refractivity contribution in [1.82, 2.24) is 0 Å². The molecular formula is C39H52O5. The summed E-state index contributed by atoms with van der Waals surface area (Å²) in [6, 6.07) is 8.86. The average molecular weight is 601 g/mol. The quantitative estimate of drug-likeness (QED) is 0.163. The number of fused-ring (bicyclic) bond motifs is 2. The number of hydrogen-bond acceptors (Lipinski definition) is 5. The Morgan fingerprint density at radius 3 is 2.70 bits per heavy atom. The molecule has 0 saturated heterocycles. The van der Waals surface area contributed by atoms with E-state index in [-0.39, 0.29) is 22.9 Å². The largest absolute Gasteiger partial charge is 0.493 e. The molecule has 44 heavy (non-hydrogen) atoms. The number of carbonyl (C=O) groups is 1. The number of allylic oxidation sites excluding steroid dienone is 5. The first kappa shape index (κ1) is 32.3. The van der Waals surface area contributed by atoms with E-state index < -0.39 is 0 Å². The minimum absolute atomic E-state index is 0.0943. The van der Waals surface area contributed by atoms with Crippen LogP contribution < -0.4 is 10.4 Å². The molecule has 238 valence electrons. The van der Waals surface area contributed by atoms with E-state index in [0.717, 1.165) is 43.9 Å². The molecule has 3 aliphatic carbocycles. The van der Waals surface area contributed by atoms with Crippen LogP contribution in [0.4, 0.5) is 0 Å². The van der Waals surface area contributed by atoms with Gasteiger partial charge in [0.2, 0.25) is 0 Å². The van der Waals surface area contributed by atoms with Crippen molar-refractivity contribution in [3.05, 3.63) is 75.7 Å². The third kappa shape index (κ3) is 6.92. The summed E-state index contributed by atoms with van der Waals surface area (Å²) in [6.45, 7) is 18.9. The zero-order valence-electron chi connectivity index (χ0n) is 27.7. The number of rotatable bonds is 9. The topological polar surface area (TPSA) is 65.7 Å². The summed E-state index contributed by atoms with van der Waals surface area (Å²) in [4.78, 5) is 25.0. The monoisotopic (exact) mass is 600 g/mol. The highest BCUT2D eigenvalue weighted by Gasteiger charge is 2.45. The molecule has 3 aliphatic rings. The van der Waals surface area contributed by atoms with Crippen molar-refractivity contribution in [2.45, 2.75) is 92.9 Å². The molecule has 7 unspecified atom stereocenters. The van der Waals surface area contributed by atoms with Crippen molar-refractivity contribution in [3.8, 4) is 5.75 Å². The van der Waals surface area contributed by atoms with Crippen LogP contribution in [0.1, 0.15) is 92.9 Å². The second kappa shape index (κ2) is 13.5. The van der Waals surface area contributed by atoms with Crippen LogP contribution in [0.25, 0.3) is 11.0 Å². The van der Waals surface area contributed by atoms with E-state index in [9.17, 15) is 9.59 Å². The number of benzene rings is 1. The lowest BCUT2D eigenvalue weighted by molar-refractivity contribution is -0.146. The van der Waals surface area contributed by atoms with Crippen molar-refractivity contribution in [3.63, 3.8) is 0 Å². The zero-order chi connectivity index (χ0) is 31.6. The van der Waals surface area contributed by atoms with Crippen LogP contribution in [0, 0.1) is 40.9 Å². The smallest absolute Gasteiger partial charge is 0.336 e. The van der Waals surface area contributed by atoms with E-state index in [0.29, 0.717) is 60.6 Å². The fourth-order valence-electron chi connectivity index (χ4n) is 8.48. The standard InChI is InChI=1S/C39H52O5/c1-24(2)31-16-10-28(6)39(7,23-43-30-13-11-29-12-18-38(41)44-36(29)21-30)35(31)17-19-37(40)42-22-27(5)33-15-9-26(4)32-14-8-25(3)20-34(32)33/h9,11-13,18,21,27-28,32-35H,3,8,10,14-17,19-20,22-23H2,1-2,4-7H3. The van der Waals surface area contributed by atoms with E-state index in [4.69, 9.17) is 13.9 Å². The Hall–Kier alpha value is -3.08. The Morgan fingerprint density at radius 2 is 1.93 bits per heavy atom. The van der Waals surface area contributed by atoms with E-state index in [1.54, 1.807) is 17.7 Å². The summed E-state index contributed by atoms with van der Waals surface area (Å²) in [6.07, 6.45) is 10.3. The van der Waals surface area contributed by atoms with Gasteiger partial charge in [-0.15, -0.1) is 0 Å².